The van der Waals surface area contributed by atoms with Crippen LogP contribution in [-0.2, 0) is 5.41 Å². The van der Waals surface area contributed by atoms with Gasteiger partial charge in [-0.25, -0.2) is 0 Å². The van der Waals surface area contributed by atoms with Crippen molar-refractivity contribution < 1.29 is 0 Å². The third-order valence-electron chi connectivity index (χ3n) is 7.93. The second-order valence-corrected chi connectivity index (χ2v) is 12.2. The largest absolute Gasteiger partial charge is 0.144 e. The number of benzene rings is 5. The van der Waals surface area contributed by atoms with E-state index in [-0.39, 0.29) is 5.41 Å². The molecule has 0 nitrogen and oxygen atoms in total. The quantitative estimate of drug-likeness (QED) is 0.204. The van der Waals surface area contributed by atoms with Gasteiger partial charge in [0.25, 0.3) is 0 Å². The molecule has 1 aliphatic rings. The minimum Gasteiger partial charge on any atom is -0.144 e. The van der Waals surface area contributed by atoms with E-state index in [0.717, 1.165) is 0 Å². The number of hydrogen-bond donors (Lipinski definition) is 0. The van der Waals surface area contributed by atoms with Gasteiger partial charge < -0.3 is 0 Å². The van der Waals surface area contributed by atoms with Crippen LogP contribution in [0.3, 0.4) is 0 Å². The molecular weight excluding hydrogens is 460 g/mol. The molecule has 8 rings (SSSR count). The average molecular weight is 483 g/mol. The van der Waals surface area contributed by atoms with Crippen LogP contribution in [0.25, 0.3) is 63.3 Å². The predicted octanol–water partition coefficient (Wildman–Crippen LogP) is 10.4. The van der Waals surface area contributed by atoms with E-state index in [1.54, 1.807) is 0 Å². The van der Waals surface area contributed by atoms with Gasteiger partial charge in [-0.1, -0.05) is 80.6 Å². The van der Waals surface area contributed by atoms with Crippen molar-refractivity contribution in [1.29, 1.82) is 0 Å². The Morgan fingerprint density at radius 3 is 2.20 bits per heavy atom. The predicted molar refractivity (Wildman–Crippen MR) is 155 cm³/mol. The van der Waals surface area contributed by atoms with Gasteiger partial charge in [0.15, 0.2) is 0 Å². The number of rotatable bonds is 1. The highest BCUT2D eigenvalue weighted by Gasteiger charge is 2.35. The zero-order valence-corrected chi connectivity index (χ0v) is 21.2. The van der Waals surface area contributed by atoms with Gasteiger partial charge in [0.05, 0.1) is 0 Å². The molecule has 5 aromatic carbocycles. The average Bonchev–Trinajstić information content (AvgIpc) is 3.50. The number of fused-ring (bicyclic) bond motifs is 6. The molecule has 7 aromatic rings. The summed E-state index contributed by atoms with van der Waals surface area (Å²) in [5.74, 6) is 0. The van der Waals surface area contributed by atoms with Crippen LogP contribution in [0, 0.1) is 0 Å². The monoisotopic (exact) mass is 482 g/mol. The van der Waals surface area contributed by atoms with Crippen LogP contribution in [0.2, 0.25) is 0 Å². The maximum atomic E-state index is 2.41. The summed E-state index contributed by atoms with van der Waals surface area (Å²) in [7, 11) is 0. The van der Waals surface area contributed by atoms with Gasteiger partial charge in [0, 0.05) is 25.3 Å². The Bertz CT molecular complexity index is 1930. The lowest BCUT2D eigenvalue weighted by Gasteiger charge is -2.36. The smallest absolute Gasteiger partial charge is 0.0367 e. The van der Waals surface area contributed by atoms with Crippen molar-refractivity contribution in [2.75, 3.05) is 0 Å². The van der Waals surface area contributed by atoms with E-state index in [0.29, 0.717) is 0 Å². The van der Waals surface area contributed by atoms with Crippen molar-refractivity contribution in [3.05, 3.63) is 108 Å². The minimum atomic E-state index is -0.0483. The normalized spacial score (nSPS) is 14.2. The Morgan fingerprint density at radius 2 is 1.31 bits per heavy atom. The molecule has 0 radical (unpaired) electrons. The summed E-state index contributed by atoms with van der Waals surface area (Å²) in [5.41, 5.74) is 6.94. The van der Waals surface area contributed by atoms with Gasteiger partial charge >= 0.3 is 0 Å². The molecule has 2 aromatic heterocycles. The summed E-state index contributed by atoms with van der Waals surface area (Å²) >= 11 is 3.75. The summed E-state index contributed by atoms with van der Waals surface area (Å²) in [5, 5.41) is 10.4. The van der Waals surface area contributed by atoms with Crippen molar-refractivity contribution in [2.45, 2.75) is 19.3 Å². The van der Waals surface area contributed by atoms with Crippen molar-refractivity contribution in [1.82, 2.24) is 0 Å². The lowest BCUT2D eigenvalue weighted by atomic mass is 9.67. The zero-order chi connectivity index (χ0) is 23.3. The van der Waals surface area contributed by atoms with E-state index in [4.69, 9.17) is 0 Å². The van der Waals surface area contributed by atoms with E-state index in [9.17, 15) is 0 Å². The number of thiophene rings is 2. The van der Waals surface area contributed by atoms with Gasteiger partial charge in [-0.2, -0.15) is 0 Å². The first kappa shape index (κ1) is 19.8. The molecule has 0 fully saturated rings. The fraction of sp³-hybridized carbons (Fsp3) is 0.0909. The molecule has 35 heavy (non-hydrogen) atoms. The van der Waals surface area contributed by atoms with Gasteiger partial charge in [0.1, 0.15) is 0 Å². The molecule has 2 heteroatoms. The lowest BCUT2D eigenvalue weighted by molar-refractivity contribution is 0.645. The third-order valence-corrected chi connectivity index (χ3v) is 9.93. The van der Waals surface area contributed by atoms with Crippen molar-refractivity contribution in [2.24, 2.45) is 0 Å². The second kappa shape index (κ2) is 6.81. The van der Waals surface area contributed by atoms with E-state index in [1.807, 2.05) is 22.7 Å². The molecular formula is C33H22S2. The summed E-state index contributed by atoms with van der Waals surface area (Å²) in [6.45, 7) is 4.76. The summed E-state index contributed by atoms with van der Waals surface area (Å²) in [6.07, 6.45) is 0. The molecule has 166 valence electrons. The van der Waals surface area contributed by atoms with Gasteiger partial charge in [-0.15, -0.1) is 22.7 Å². The molecule has 0 bridgehead atoms. The molecule has 2 heterocycles. The Labute approximate surface area is 212 Å². The molecule has 1 aliphatic carbocycles. The van der Waals surface area contributed by atoms with Gasteiger partial charge in [0.2, 0.25) is 0 Å². The highest BCUT2D eigenvalue weighted by molar-refractivity contribution is 7.23. The van der Waals surface area contributed by atoms with Crippen LogP contribution >= 0.6 is 22.7 Å². The molecule has 0 saturated heterocycles. The van der Waals surface area contributed by atoms with Crippen LogP contribution in [0.15, 0.2) is 96.4 Å². The second-order valence-electron chi connectivity index (χ2n) is 10.2. The van der Waals surface area contributed by atoms with Gasteiger partial charge in [-0.05, 0) is 84.2 Å². The van der Waals surface area contributed by atoms with E-state index in [2.05, 4.69) is 110 Å². The summed E-state index contributed by atoms with van der Waals surface area (Å²) < 4.78 is 2.73. The van der Waals surface area contributed by atoms with Crippen LogP contribution in [0.5, 0.6) is 0 Å². The van der Waals surface area contributed by atoms with Crippen LogP contribution in [0.4, 0.5) is 0 Å². The van der Waals surface area contributed by atoms with E-state index >= 15 is 0 Å². The van der Waals surface area contributed by atoms with Crippen molar-refractivity contribution in [3.63, 3.8) is 0 Å². The van der Waals surface area contributed by atoms with Crippen LogP contribution in [-0.4, -0.2) is 0 Å². The molecule has 0 aliphatic heterocycles. The SMILES string of the molecule is CC1(C)c2ccccc2-c2c3ccccc3c(-c3cc4cc5sccc5cc4s3)c3cccc1c23. The lowest BCUT2D eigenvalue weighted by Crippen LogP contribution is -2.23. The maximum Gasteiger partial charge on any atom is 0.0367 e. The maximum absolute atomic E-state index is 2.41. The molecule has 0 unspecified atom stereocenters. The third kappa shape index (κ3) is 2.56. The Balaban J connectivity index is 1.57. The van der Waals surface area contributed by atoms with Crippen molar-refractivity contribution >= 4 is 64.4 Å². The molecule has 0 amide bonds. The highest BCUT2D eigenvalue weighted by atomic mass is 32.1. The topological polar surface area (TPSA) is 0 Å². The fourth-order valence-electron chi connectivity index (χ4n) is 6.30. The minimum absolute atomic E-state index is 0.0483. The summed E-state index contributed by atoms with van der Waals surface area (Å²) in [4.78, 5) is 1.36. The first-order chi connectivity index (χ1) is 17.1. The Morgan fingerprint density at radius 1 is 0.600 bits per heavy atom. The van der Waals surface area contributed by atoms with Crippen LogP contribution in [0.1, 0.15) is 25.0 Å². The van der Waals surface area contributed by atoms with E-state index in [1.165, 1.54) is 74.4 Å². The zero-order valence-electron chi connectivity index (χ0n) is 19.6. The molecule has 0 spiro atoms. The van der Waals surface area contributed by atoms with Crippen molar-refractivity contribution in [3.8, 4) is 21.6 Å². The first-order valence-corrected chi connectivity index (χ1v) is 13.8. The van der Waals surface area contributed by atoms with E-state index < -0.39 is 0 Å². The first-order valence-electron chi connectivity index (χ1n) is 12.1. The Hall–Kier alpha value is -3.46. The van der Waals surface area contributed by atoms with Crippen LogP contribution < -0.4 is 0 Å². The number of hydrogen-bond acceptors (Lipinski definition) is 2. The molecule has 0 atom stereocenters. The Kier molecular flexibility index (Phi) is 3.86. The summed E-state index contributed by atoms with van der Waals surface area (Å²) in [6, 6.07) is 34.4. The highest BCUT2D eigenvalue weighted by Crippen LogP contribution is 2.54. The molecule has 0 N–H and O–H groups in total. The standard InChI is InChI=1S/C33H22S2/c1-33(2)25-12-6-5-10-23(25)31-22-9-4-3-8-21(22)30(24-11-7-13-26(33)32(24)31)29-18-20-17-27-19(14-15-34-27)16-28(20)35-29/h3-18H,1-2H3. The molecule has 0 saturated carbocycles. The fourth-order valence-corrected chi connectivity index (χ4v) is 8.29. The van der Waals surface area contributed by atoms with Gasteiger partial charge in [-0.3, -0.25) is 0 Å².